The van der Waals surface area contributed by atoms with Gasteiger partial charge < -0.3 is 24.2 Å². The molecular weight excluding hydrogens is 540 g/mol. The minimum atomic E-state index is -0.981. The Hall–Kier alpha value is -4.64. The molecule has 3 aromatic rings. The Balaban J connectivity index is 1.21. The number of piperidine rings is 1. The van der Waals surface area contributed by atoms with Crippen LogP contribution in [-0.4, -0.2) is 70.4 Å². The Kier molecular flexibility index (Phi) is 9.18. The van der Waals surface area contributed by atoms with Gasteiger partial charge in [0.15, 0.2) is 0 Å². The number of aromatic nitrogens is 1. The van der Waals surface area contributed by atoms with Gasteiger partial charge in [-0.05, 0) is 67.2 Å². The van der Waals surface area contributed by atoms with Crippen LogP contribution in [0.4, 0.5) is 4.79 Å². The van der Waals surface area contributed by atoms with Crippen LogP contribution in [0, 0.1) is 6.92 Å². The summed E-state index contributed by atoms with van der Waals surface area (Å²) in [6.45, 7) is 6.76. The molecule has 1 N–H and O–H groups in total. The molecule has 0 unspecified atom stereocenters. The minimum Gasteiger partial charge on any atom is -0.478 e. The lowest BCUT2D eigenvalue weighted by atomic mass is 9.98. The molecule has 0 aliphatic carbocycles. The molecule has 3 heterocycles. The average Bonchev–Trinajstić information content (AvgIpc) is 3.43. The molecule has 0 spiro atoms. The number of pyridine rings is 1. The van der Waals surface area contributed by atoms with Crippen LogP contribution < -0.4 is 4.74 Å². The van der Waals surface area contributed by atoms with E-state index in [1.807, 2.05) is 37.3 Å². The van der Waals surface area contributed by atoms with Crippen molar-refractivity contribution in [1.82, 2.24) is 14.8 Å². The fraction of sp³-hybridized carbons (Fsp3) is 0.355. The van der Waals surface area contributed by atoms with Crippen molar-refractivity contribution in [1.29, 1.82) is 0 Å². The predicted molar refractivity (Wildman–Crippen MR) is 153 cm³/mol. The van der Waals surface area contributed by atoms with Crippen LogP contribution in [0.2, 0.25) is 0 Å². The number of carbonyl (C=O) groups is 2. The lowest BCUT2D eigenvalue weighted by Gasteiger charge is -2.38. The van der Waals surface area contributed by atoms with Gasteiger partial charge in [-0.15, -0.1) is 0 Å². The lowest BCUT2D eigenvalue weighted by molar-refractivity contribution is 0.0564. The van der Waals surface area contributed by atoms with E-state index >= 15 is 0 Å². The van der Waals surface area contributed by atoms with Gasteiger partial charge in [0.2, 0.25) is 5.88 Å². The van der Waals surface area contributed by atoms with Crippen LogP contribution >= 0.6 is 0 Å². The van der Waals surface area contributed by atoms with Gasteiger partial charge in [0, 0.05) is 37.4 Å². The largest absolute Gasteiger partial charge is 0.535 e. The Labute approximate surface area is 244 Å². The Morgan fingerprint density at radius 2 is 1.79 bits per heavy atom. The number of hydrogen-bond acceptors (Lipinski definition) is 9. The van der Waals surface area contributed by atoms with Gasteiger partial charge in [0.25, 0.3) is 0 Å². The molecule has 2 fully saturated rings. The number of carboxylic acids is 1. The highest BCUT2D eigenvalue weighted by Gasteiger charge is 2.39. The summed E-state index contributed by atoms with van der Waals surface area (Å²) in [5, 5.41) is 13.1. The molecule has 2 aliphatic heterocycles. The number of oxime groups is 1. The SMILES string of the molecule is CCOC(=O)O/N=C1\OC[C@@H](c2ccccc2)N1C1CCN(Cc2ccc(Oc3ccc(C(=O)O)cc3)nc2C)CC1. The maximum atomic E-state index is 11.8. The van der Waals surface area contributed by atoms with Gasteiger partial charge >= 0.3 is 18.1 Å². The van der Waals surface area contributed by atoms with E-state index in [1.165, 1.54) is 12.1 Å². The van der Waals surface area contributed by atoms with Crippen molar-refractivity contribution >= 4 is 18.1 Å². The van der Waals surface area contributed by atoms with Crippen molar-refractivity contribution in [3.63, 3.8) is 0 Å². The summed E-state index contributed by atoms with van der Waals surface area (Å²) >= 11 is 0. The van der Waals surface area contributed by atoms with Crippen LogP contribution in [0.3, 0.4) is 0 Å². The number of rotatable bonds is 9. The molecular formula is C31H34N4O7. The van der Waals surface area contributed by atoms with Crippen molar-refractivity contribution in [2.45, 2.75) is 45.3 Å². The zero-order valence-corrected chi connectivity index (χ0v) is 23.6. The number of ether oxygens (including phenoxy) is 3. The van der Waals surface area contributed by atoms with Gasteiger partial charge in [-0.1, -0.05) is 36.4 Å². The number of hydrogen-bond donors (Lipinski definition) is 1. The number of likely N-dealkylation sites (tertiary alicyclic amines) is 1. The summed E-state index contributed by atoms with van der Waals surface area (Å²) in [4.78, 5) is 36.9. The third-order valence-electron chi connectivity index (χ3n) is 7.41. The molecule has 1 atom stereocenters. The van der Waals surface area contributed by atoms with Gasteiger partial charge in [-0.3, -0.25) is 9.74 Å². The molecule has 2 saturated heterocycles. The van der Waals surface area contributed by atoms with Crippen molar-refractivity contribution in [2.24, 2.45) is 5.16 Å². The summed E-state index contributed by atoms with van der Waals surface area (Å²) in [5.41, 5.74) is 3.30. The molecule has 2 aromatic carbocycles. The number of amidine groups is 1. The fourth-order valence-corrected chi connectivity index (χ4v) is 5.25. The van der Waals surface area contributed by atoms with Crippen LogP contribution in [-0.2, 0) is 20.9 Å². The highest BCUT2D eigenvalue weighted by atomic mass is 16.8. The van der Waals surface area contributed by atoms with Gasteiger partial charge in [-0.25, -0.2) is 14.6 Å². The van der Waals surface area contributed by atoms with Crippen molar-refractivity contribution < 1.29 is 33.7 Å². The normalized spacial score (nSPS) is 18.5. The van der Waals surface area contributed by atoms with Crippen molar-refractivity contribution in [3.8, 4) is 11.6 Å². The zero-order chi connectivity index (χ0) is 29.5. The second kappa shape index (κ2) is 13.3. The summed E-state index contributed by atoms with van der Waals surface area (Å²) < 4.78 is 16.6. The summed E-state index contributed by atoms with van der Waals surface area (Å²) in [6.07, 6.45) is 0.902. The molecule has 220 valence electrons. The van der Waals surface area contributed by atoms with Crippen LogP contribution in [0.15, 0.2) is 71.9 Å². The predicted octanol–water partition coefficient (Wildman–Crippen LogP) is 5.36. The summed E-state index contributed by atoms with van der Waals surface area (Å²) in [5.74, 6) is -0.00173. The fourth-order valence-electron chi connectivity index (χ4n) is 5.25. The van der Waals surface area contributed by atoms with Gasteiger partial charge in [0.05, 0.1) is 18.2 Å². The third kappa shape index (κ3) is 6.98. The summed E-state index contributed by atoms with van der Waals surface area (Å²) in [6, 6.07) is 20.6. The van der Waals surface area contributed by atoms with E-state index in [2.05, 4.69) is 32.1 Å². The Bertz CT molecular complexity index is 1410. The van der Waals surface area contributed by atoms with E-state index in [-0.39, 0.29) is 24.3 Å². The molecule has 0 amide bonds. The van der Waals surface area contributed by atoms with Crippen molar-refractivity contribution in [3.05, 3.63) is 89.1 Å². The molecule has 0 bridgehead atoms. The summed E-state index contributed by atoms with van der Waals surface area (Å²) in [7, 11) is 0. The number of aromatic carboxylic acids is 1. The highest BCUT2D eigenvalue weighted by molar-refractivity contribution is 5.87. The average molecular weight is 575 g/mol. The molecule has 0 radical (unpaired) electrons. The number of carbonyl (C=O) groups excluding carboxylic acids is 1. The first-order valence-electron chi connectivity index (χ1n) is 14.0. The van der Waals surface area contributed by atoms with E-state index in [4.69, 9.17) is 24.2 Å². The third-order valence-corrected chi connectivity index (χ3v) is 7.41. The maximum absolute atomic E-state index is 11.8. The Morgan fingerprint density at radius 1 is 1.05 bits per heavy atom. The number of benzene rings is 2. The van der Waals surface area contributed by atoms with Crippen LogP contribution in [0.25, 0.3) is 0 Å². The van der Waals surface area contributed by atoms with E-state index < -0.39 is 12.1 Å². The topological polar surface area (TPSA) is 123 Å². The first-order chi connectivity index (χ1) is 20.4. The second-order valence-corrected chi connectivity index (χ2v) is 10.1. The Morgan fingerprint density at radius 3 is 2.45 bits per heavy atom. The second-order valence-electron chi connectivity index (χ2n) is 10.1. The zero-order valence-electron chi connectivity index (χ0n) is 23.6. The first-order valence-corrected chi connectivity index (χ1v) is 14.0. The van der Waals surface area contributed by atoms with E-state index in [0.717, 1.165) is 49.3 Å². The van der Waals surface area contributed by atoms with Gasteiger partial charge in [0.1, 0.15) is 12.4 Å². The lowest BCUT2D eigenvalue weighted by Crippen LogP contribution is -2.46. The molecule has 1 aromatic heterocycles. The maximum Gasteiger partial charge on any atom is 0.535 e. The molecule has 11 heteroatoms. The van der Waals surface area contributed by atoms with E-state index in [1.54, 1.807) is 19.1 Å². The molecule has 5 rings (SSSR count). The quantitative estimate of drug-likeness (QED) is 0.203. The molecule has 11 nitrogen and oxygen atoms in total. The molecule has 0 saturated carbocycles. The first kappa shape index (κ1) is 28.9. The standard InChI is InChI=1S/C31H34N4O7/c1-3-39-31(38)42-33-30-35(27(20-40-30)22-7-5-4-6-8-22)25-15-17-34(18-16-25)19-24-11-14-28(32-21(24)2)41-26-12-9-23(10-13-26)29(36)37/h4-14,25,27H,3,15-20H2,1-2H3,(H,36,37)/b33-30-/t27-/m0/s1. The number of nitrogens with zero attached hydrogens (tertiary/aromatic N) is 4. The monoisotopic (exact) mass is 574 g/mol. The van der Waals surface area contributed by atoms with Gasteiger partial charge in [-0.2, -0.15) is 0 Å². The van der Waals surface area contributed by atoms with Crippen LogP contribution in [0.5, 0.6) is 11.6 Å². The van der Waals surface area contributed by atoms with E-state index in [0.29, 0.717) is 24.3 Å². The van der Waals surface area contributed by atoms with Crippen molar-refractivity contribution in [2.75, 3.05) is 26.3 Å². The number of aryl methyl sites for hydroxylation is 1. The van der Waals surface area contributed by atoms with E-state index in [9.17, 15) is 9.59 Å². The minimum absolute atomic E-state index is 0.0355. The smallest absolute Gasteiger partial charge is 0.478 e. The molecule has 42 heavy (non-hydrogen) atoms. The van der Waals surface area contributed by atoms with Crippen LogP contribution in [0.1, 0.15) is 53.0 Å². The highest BCUT2D eigenvalue weighted by Crippen LogP contribution is 2.34. The number of carboxylic acid groups (broad SMARTS) is 1. The molecule has 2 aliphatic rings.